The Hall–Kier alpha value is -2.58. The molecule has 1 aliphatic heterocycles. The third-order valence-corrected chi connectivity index (χ3v) is 7.30. The summed E-state index contributed by atoms with van der Waals surface area (Å²) in [5.41, 5.74) is 0.956. The average molecular weight is 447 g/mol. The molecule has 0 radical (unpaired) electrons. The van der Waals surface area contributed by atoms with E-state index in [-0.39, 0.29) is 23.5 Å². The first-order valence-corrected chi connectivity index (χ1v) is 12.0. The third-order valence-electron chi connectivity index (χ3n) is 5.39. The minimum absolute atomic E-state index is 0.154. The number of ether oxygens (including phenoxy) is 2. The molecule has 1 fully saturated rings. The molecule has 0 aliphatic carbocycles. The molecule has 0 saturated carbocycles. The number of sulfonamides is 1. The summed E-state index contributed by atoms with van der Waals surface area (Å²) < 4.78 is 37.9. The summed E-state index contributed by atoms with van der Waals surface area (Å²) in [6.45, 7) is 2.86. The Morgan fingerprint density at radius 3 is 2.13 bits per heavy atom. The van der Waals surface area contributed by atoms with Gasteiger partial charge in [-0.05, 0) is 61.7 Å². The second-order valence-corrected chi connectivity index (χ2v) is 9.58. The van der Waals surface area contributed by atoms with Gasteiger partial charge in [0.25, 0.3) is 5.91 Å². The number of benzene rings is 2. The van der Waals surface area contributed by atoms with Crippen LogP contribution in [0.15, 0.2) is 53.4 Å². The van der Waals surface area contributed by atoms with Crippen molar-refractivity contribution in [3.63, 3.8) is 0 Å². The van der Waals surface area contributed by atoms with Crippen molar-refractivity contribution in [2.45, 2.75) is 43.5 Å². The second-order valence-electron chi connectivity index (χ2n) is 7.64. The van der Waals surface area contributed by atoms with E-state index in [9.17, 15) is 13.2 Å². The largest absolute Gasteiger partial charge is 0.497 e. The maximum Gasteiger partial charge on any atom is 0.258 e. The predicted molar refractivity (Wildman–Crippen MR) is 119 cm³/mol. The number of carbonyl (C=O) groups excluding carboxylic acids is 1. The highest BCUT2D eigenvalue weighted by atomic mass is 32.2. The van der Waals surface area contributed by atoms with Crippen molar-refractivity contribution >= 4 is 15.9 Å². The summed E-state index contributed by atoms with van der Waals surface area (Å²) in [5, 5.41) is 2.88. The molecule has 1 aliphatic rings. The Morgan fingerprint density at radius 1 is 0.968 bits per heavy atom. The van der Waals surface area contributed by atoms with Crippen LogP contribution in [0.1, 0.15) is 44.2 Å². The Labute approximate surface area is 184 Å². The first kappa shape index (κ1) is 23.1. The van der Waals surface area contributed by atoms with Crippen LogP contribution >= 0.6 is 0 Å². The van der Waals surface area contributed by atoms with Crippen LogP contribution in [0.2, 0.25) is 0 Å². The van der Waals surface area contributed by atoms with Crippen molar-refractivity contribution in [1.82, 2.24) is 9.62 Å². The molecule has 3 rings (SSSR count). The fourth-order valence-electron chi connectivity index (χ4n) is 3.55. The molecular weight excluding hydrogens is 416 g/mol. The Kier molecular flexibility index (Phi) is 7.92. The molecular formula is C23H30N2O5S. The summed E-state index contributed by atoms with van der Waals surface area (Å²) in [4.78, 5) is 12.5. The summed E-state index contributed by atoms with van der Waals surface area (Å²) in [6.07, 6.45) is 3.92. The number of rotatable bonds is 8. The molecule has 0 aromatic heterocycles. The van der Waals surface area contributed by atoms with Gasteiger partial charge in [-0.25, -0.2) is 8.42 Å². The van der Waals surface area contributed by atoms with Crippen LogP contribution in [0.3, 0.4) is 0 Å². The van der Waals surface area contributed by atoms with Crippen molar-refractivity contribution in [3.8, 4) is 11.5 Å². The van der Waals surface area contributed by atoms with Gasteiger partial charge in [0.2, 0.25) is 10.0 Å². The van der Waals surface area contributed by atoms with Crippen LogP contribution in [0.5, 0.6) is 11.5 Å². The molecule has 1 amide bonds. The fourth-order valence-corrected chi connectivity index (χ4v) is 5.06. The number of nitrogens with zero attached hydrogens (tertiary/aromatic N) is 1. The van der Waals surface area contributed by atoms with Gasteiger partial charge < -0.3 is 14.8 Å². The zero-order valence-corrected chi connectivity index (χ0v) is 18.9. The van der Waals surface area contributed by atoms with E-state index in [0.717, 1.165) is 37.0 Å². The van der Waals surface area contributed by atoms with Crippen LogP contribution in [-0.2, 0) is 14.8 Å². The highest BCUT2D eigenvalue weighted by molar-refractivity contribution is 7.89. The van der Waals surface area contributed by atoms with Gasteiger partial charge in [-0.3, -0.25) is 4.79 Å². The second kappa shape index (κ2) is 10.6. The minimum Gasteiger partial charge on any atom is -0.497 e. The zero-order chi connectivity index (χ0) is 22.3. The molecule has 2 aromatic rings. The summed E-state index contributed by atoms with van der Waals surface area (Å²) in [7, 11) is -1.89. The van der Waals surface area contributed by atoms with E-state index < -0.39 is 10.0 Å². The van der Waals surface area contributed by atoms with Crippen molar-refractivity contribution < 1.29 is 22.7 Å². The first-order valence-electron chi connectivity index (χ1n) is 10.6. The molecule has 1 N–H and O–H groups in total. The van der Waals surface area contributed by atoms with Crippen LogP contribution in [0, 0.1) is 0 Å². The van der Waals surface area contributed by atoms with Crippen LogP contribution in [-0.4, -0.2) is 45.4 Å². The number of methoxy groups -OCH3 is 1. The fraction of sp³-hybridized carbons (Fsp3) is 0.435. The maximum absolute atomic E-state index is 12.8. The van der Waals surface area contributed by atoms with E-state index in [1.807, 2.05) is 31.2 Å². The molecule has 0 spiro atoms. The van der Waals surface area contributed by atoms with Gasteiger partial charge in [0.15, 0.2) is 6.61 Å². The van der Waals surface area contributed by atoms with Gasteiger partial charge in [0.05, 0.1) is 18.0 Å². The molecule has 1 heterocycles. The van der Waals surface area contributed by atoms with Gasteiger partial charge in [-0.1, -0.05) is 25.0 Å². The lowest BCUT2D eigenvalue weighted by Gasteiger charge is -2.20. The maximum atomic E-state index is 12.8. The smallest absolute Gasteiger partial charge is 0.258 e. The average Bonchev–Trinajstić information content (AvgIpc) is 3.08. The lowest BCUT2D eigenvalue weighted by molar-refractivity contribution is -0.123. The molecule has 8 heteroatoms. The Balaban J connectivity index is 1.52. The van der Waals surface area contributed by atoms with E-state index in [2.05, 4.69) is 5.32 Å². The molecule has 168 valence electrons. The van der Waals surface area contributed by atoms with Crippen molar-refractivity contribution in [3.05, 3.63) is 54.1 Å². The number of amides is 1. The molecule has 1 atom stereocenters. The number of carbonyl (C=O) groups is 1. The highest BCUT2D eigenvalue weighted by Crippen LogP contribution is 2.22. The summed E-state index contributed by atoms with van der Waals surface area (Å²) in [6, 6.07) is 13.5. The third kappa shape index (κ3) is 6.21. The van der Waals surface area contributed by atoms with E-state index in [0.29, 0.717) is 18.8 Å². The molecule has 1 unspecified atom stereocenters. The Bertz CT molecular complexity index is 950. The molecule has 2 aromatic carbocycles. The van der Waals surface area contributed by atoms with Crippen molar-refractivity contribution in [2.24, 2.45) is 0 Å². The quantitative estimate of drug-likeness (QED) is 0.671. The molecule has 1 saturated heterocycles. The SMILES string of the molecule is COc1ccc(C(C)NC(=O)COc2ccc(S(=O)(=O)N3CCCCCC3)cc2)cc1. The number of hydrogen-bond donors (Lipinski definition) is 1. The van der Waals surface area contributed by atoms with Crippen molar-refractivity contribution in [2.75, 3.05) is 26.8 Å². The highest BCUT2D eigenvalue weighted by Gasteiger charge is 2.25. The van der Waals surface area contributed by atoms with Gasteiger partial charge >= 0.3 is 0 Å². The standard InChI is InChI=1S/C23H30N2O5S/c1-18(19-7-9-20(29-2)10-8-19)24-23(26)17-30-21-11-13-22(14-12-21)31(27,28)25-15-5-3-4-6-16-25/h7-14,18H,3-6,15-17H2,1-2H3,(H,24,26). The van der Waals surface area contributed by atoms with Gasteiger partial charge in [-0.15, -0.1) is 0 Å². The monoisotopic (exact) mass is 446 g/mol. The van der Waals surface area contributed by atoms with Gasteiger partial charge in [0.1, 0.15) is 11.5 Å². The lowest BCUT2D eigenvalue weighted by Crippen LogP contribution is -2.32. The van der Waals surface area contributed by atoms with E-state index >= 15 is 0 Å². The Morgan fingerprint density at radius 2 is 1.55 bits per heavy atom. The van der Waals surface area contributed by atoms with E-state index in [4.69, 9.17) is 9.47 Å². The normalized spacial score (nSPS) is 16.2. The molecule has 0 bridgehead atoms. The van der Waals surface area contributed by atoms with Crippen molar-refractivity contribution in [1.29, 1.82) is 0 Å². The zero-order valence-electron chi connectivity index (χ0n) is 18.0. The van der Waals surface area contributed by atoms with Crippen LogP contribution in [0.25, 0.3) is 0 Å². The minimum atomic E-state index is -3.50. The van der Waals surface area contributed by atoms with Gasteiger partial charge in [0, 0.05) is 13.1 Å². The lowest BCUT2D eigenvalue weighted by atomic mass is 10.1. The molecule has 31 heavy (non-hydrogen) atoms. The number of nitrogens with one attached hydrogen (secondary N) is 1. The van der Waals surface area contributed by atoms with E-state index in [1.54, 1.807) is 23.5 Å². The first-order chi connectivity index (χ1) is 14.9. The number of hydrogen-bond acceptors (Lipinski definition) is 5. The topological polar surface area (TPSA) is 84.9 Å². The van der Waals surface area contributed by atoms with E-state index in [1.165, 1.54) is 12.1 Å². The predicted octanol–water partition coefficient (Wildman–Crippen LogP) is 3.52. The summed E-state index contributed by atoms with van der Waals surface area (Å²) in [5.74, 6) is 0.943. The molecule has 7 nitrogen and oxygen atoms in total. The van der Waals surface area contributed by atoms with Crippen LogP contribution in [0.4, 0.5) is 0 Å². The summed E-state index contributed by atoms with van der Waals surface area (Å²) >= 11 is 0. The van der Waals surface area contributed by atoms with Crippen LogP contribution < -0.4 is 14.8 Å². The van der Waals surface area contributed by atoms with Gasteiger partial charge in [-0.2, -0.15) is 4.31 Å².